The van der Waals surface area contributed by atoms with Crippen LogP contribution in [0.15, 0.2) is 22.7 Å². The van der Waals surface area contributed by atoms with E-state index >= 15 is 0 Å². The number of benzene rings is 1. The van der Waals surface area contributed by atoms with Gasteiger partial charge in [-0.2, -0.15) is 0 Å². The maximum absolute atomic E-state index is 3.69. The second kappa shape index (κ2) is 7.06. The number of rotatable bonds is 5. The minimum absolute atomic E-state index is 0.163. The molecule has 0 bridgehead atoms. The first-order chi connectivity index (χ1) is 9.49. The van der Waals surface area contributed by atoms with Crippen LogP contribution in [0.25, 0.3) is 0 Å². The van der Waals surface area contributed by atoms with Crippen LogP contribution in [0.4, 0.5) is 0 Å². The summed E-state index contributed by atoms with van der Waals surface area (Å²) in [4.78, 5) is 0. The Kier molecular flexibility index (Phi) is 5.65. The van der Waals surface area contributed by atoms with Crippen LogP contribution < -0.4 is 10.6 Å². The van der Waals surface area contributed by atoms with Gasteiger partial charge in [0.2, 0.25) is 0 Å². The molecule has 1 aromatic rings. The Morgan fingerprint density at radius 1 is 1.40 bits per heavy atom. The van der Waals surface area contributed by atoms with E-state index in [0.29, 0.717) is 0 Å². The number of halogens is 1. The van der Waals surface area contributed by atoms with Gasteiger partial charge >= 0.3 is 0 Å². The lowest BCUT2D eigenvalue weighted by Gasteiger charge is -2.30. The lowest BCUT2D eigenvalue weighted by atomic mass is 9.82. The Labute approximate surface area is 131 Å². The van der Waals surface area contributed by atoms with Crippen molar-refractivity contribution in [1.82, 2.24) is 10.6 Å². The van der Waals surface area contributed by atoms with Crippen LogP contribution in [0.3, 0.4) is 0 Å². The molecule has 0 aliphatic carbocycles. The van der Waals surface area contributed by atoms with Crippen LogP contribution in [0, 0.1) is 12.8 Å². The monoisotopic (exact) mass is 338 g/mol. The Morgan fingerprint density at radius 2 is 2.20 bits per heavy atom. The van der Waals surface area contributed by atoms with Crippen LogP contribution in [0.2, 0.25) is 0 Å². The second-order valence-electron chi connectivity index (χ2n) is 6.69. The fourth-order valence-electron chi connectivity index (χ4n) is 3.11. The molecule has 2 N–H and O–H groups in total. The van der Waals surface area contributed by atoms with E-state index < -0.39 is 0 Å². The molecule has 20 heavy (non-hydrogen) atoms. The van der Waals surface area contributed by atoms with Gasteiger partial charge in [-0.05, 0) is 68.6 Å². The van der Waals surface area contributed by atoms with Gasteiger partial charge in [0, 0.05) is 16.4 Å². The normalized spacial score (nSPS) is 20.1. The summed E-state index contributed by atoms with van der Waals surface area (Å²) in [6, 6.07) is 6.58. The SMILES string of the molecule is Cc1ccc(Br)cc1C(C)(C)CNCC1CCCNC1. The first-order valence-electron chi connectivity index (χ1n) is 7.67. The average molecular weight is 339 g/mol. The highest BCUT2D eigenvalue weighted by Crippen LogP contribution is 2.28. The molecule has 1 aliphatic rings. The smallest absolute Gasteiger partial charge is 0.0178 e. The molecule has 1 atom stereocenters. The number of hydrogen-bond donors (Lipinski definition) is 2. The number of piperidine rings is 1. The van der Waals surface area contributed by atoms with Crippen LogP contribution in [0.1, 0.15) is 37.8 Å². The number of aryl methyl sites for hydroxylation is 1. The molecule has 112 valence electrons. The highest BCUT2D eigenvalue weighted by atomic mass is 79.9. The molecule has 0 amide bonds. The predicted octanol–water partition coefficient (Wildman–Crippen LogP) is 3.62. The van der Waals surface area contributed by atoms with Crippen molar-refractivity contribution in [3.8, 4) is 0 Å². The Bertz CT molecular complexity index is 437. The van der Waals surface area contributed by atoms with Crippen LogP contribution in [0.5, 0.6) is 0 Å². The summed E-state index contributed by atoms with van der Waals surface area (Å²) in [5, 5.41) is 7.17. The lowest BCUT2D eigenvalue weighted by Crippen LogP contribution is -2.40. The maximum atomic E-state index is 3.69. The fourth-order valence-corrected chi connectivity index (χ4v) is 3.47. The molecular weight excluding hydrogens is 312 g/mol. The zero-order valence-electron chi connectivity index (χ0n) is 12.9. The molecule has 2 rings (SSSR count). The van der Waals surface area contributed by atoms with E-state index in [1.165, 1.54) is 41.5 Å². The Balaban J connectivity index is 1.91. The third-order valence-corrected chi connectivity index (χ3v) is 4.82. The van der Waals surface area contributed by atoms with E-state index in [4.69, 9.17) is 0 Å². The van der Waals surface area contributed by atoms with E-state index in [9.17, 15) is 0 Å². The second-order valence-corrected chi connectivity index (χ2v) is 7.60. The molecule has 0 aromatic heterocycles. The predicted molar refractivity (Wildman–Crippen MR) is 90.4 cm³/mol. The van der Waals surface area contributed by atoms with E-state index in [1.807, 2.05) is 0 Å². The summed E-state index contributed by atoms with van der Waals surface area (Å²) in [5.41, 5.74) is 2.97. The van der Waals surface area contributed by atoms with Crippen molar-refractivity contribution in [2.45, 2.75) is 39.0 Å². The fraction of sp³-hybridized carbons (Fsp3) is 0.647. The van der Waals surface area contributed by atoms with Crippen molar-refractivity contribution in [3.05, 3.63) is 33.8 Å². The van der Waals surface area contributed by atoms with Crippen molar-refractivity contribution >= 4 is 15.9 Å². The number of nitrogens with one attached hydrogen (secondary N) is 2. The van der Waals surface area contributed by atoms with E-state index in [0.717, 1.165) is 19.0 Å². The van der Waals surface area contributed by atoms with E-state index in [2.05, 4.69) is 65.5 Å². The van der Waals surface area contributed by atoms with E-state index in [-0.39, 0.29) is 5.41 Å². The molecule has 0 radical (unpaired) electrons. The molecular formula is C17H27BrN2. The first kappa shape index (κ1) is 16.0. The molecule has 0 spiro atoms. The van der Waals surface area contributed by atoms with Crippen LogP contribution in [-0.2, 0) is 5.41 Å². The first-order valence-corrected chi connectivity index (χ1v) is 8.46. The van der Waals surface area contributed by atoms with Crippen molar-refractivity contribution in [2.75, 3.05) is 26.2 Å². The van der Waals surface area contributed by atoms with Gasteiger partial charge < -0.3 is 10.6 Å². The molecule has 1 saturated heterocycles. The summed E-state index contributed by atoms with van der Waals surface area (Å²) in [7, 11) is 0. The Hall–Kier alpha value is -0.380. The third-order valence-electron chi connectivity index (χ3n) is 4.33. The molecule has 3 heteroatoms. The average Bonchev–Trinajstić information content (AvgIpc) is 2.42. The molecule has 1 aromatic carbocycles. The van der Waals surface area contributed by atoms with E-state index in [1.54, 1.807) is 0 Å². The minimum atomic E-state index is 0.163. The van der Waals surface area contributed by atoms with Gasteiger partial charge in [0.1, 0.15) is 0 Å². The molecule has 1 unspecified atom stereocenters. The third kappa shape index (κ3) is 4.31. The summed E-state index contributed by atoms with van der Waals surface area (Å²) < 4.78 is 1.17. The zero-order valence-corrected chi connectivity index (χ0v) is 14.5. The van der Waals surface area contributed by atoms with Gasteiger partial charge in [0.15, 0.2) is 0 Å². The quantitative estimate of drug-likeness (QED) is 0.856. The van der Waals surface area contributed by atoms with Gasteiger partial charge in [0.05, 0.1) is 0 Å². The number of hydrogen-bond acceptors (Lipinski definition) is 2. The van der Waals surface area contributed by atoms with Crippen LogP contribution >= 0.6 is 15.9 Å². The molecule has 0 saturated carbocycles. The molecule has 1 aliphatic heterocycles. The van der Waals surface area contributed by atoms with Gasteiger partial charge in [-0.25, -0.2) is 0 Å². The van der Waals surface area contributed by atoms with Crippen molar-refractivity contribution < 1.29 is 0 Å². The highest BCUT2D eigenvalue weighted by Gasteiger charge is 2.23. The summed E-state index contributed by atoms with van der Waals surface area (Å²) in [6.07, 6.45) is 2.68. The van der Waals surface area contributed by atoms with Gasteiger partial charge in [-0.15, -0.1) is 0 Å². The Morgan fingerprint density at radius 3 is 2.90 bits per heavy atom. The lowest BCUT2D eigenvalue weighted by molar-refractivity contribution is 0.345. The van der Waals surface area contributed by atoms with Crippen LogP contribution in [-0.4, -0.2) is 26.2 Å². The minimum Gasteiger partial charge on any atom is -0.316 e. The summed E-state index contributed by atoms with van der Waals surface area (Å²) in [6.45, 7) is 11.4. The van der Waals surface area contributed by atoms with Crippen molar-refractivity contribution in [2.24, 2.45) is 5.92 Å². The largest absolute Gasteiger partial charge is 0.316 e. The molecule has 2 nitrogen and oxygen atoms in total. The topological polar surface area (TPSA) is 24.1 Å². The molecule has 1 heterocycles. The summed E-state index contributed by atoms with van der Waals surface area (Å²) in [5.74, 6) is 0.795. The van der Waals surface area contributed by atoms with Crippen molar-refractivity contribution in [3.63, 3.8) is 0 Å². The highest BCUT2D eigenvalue weighted by molar-refractivity contribution is 9.10. The standard InChI is InChI=1S/C17H27BrN2/c1-13-6-7-15(18)9-16(13)17(2,3)12-20-11-14-5-4-8-19-10-14/h6-7,9,14,19-20H,4-5,8,10-12H2,1-3H3. The van der Waals surface area contributed by atoms with Gasteiger partial charge in [-0.1, -0.05) is 35.8 Å². The molecule has 1 fully saturated rings. The van der Waals surface area contributed by atoms with Gasteiger partial charge in [0.25, 0.3) is 0 Å². The zero-order chi connectivity index (χ0) is 14.6. The van der Waals surface area contributed by atoms with Gasteiger partial charge in [-0.3, -0.25) is 0 Å². The maximum Gasteiger partial charge on any atom is 0.0178 e. The van der Waals surface area contributed by atoms with Crippen molar-refractivity contribution in [1.29, 1.82) is 0 Å². The summed E-state index contributed by atoms with van der Waals surface area (Å²) >= 11 is 3.59.